The Hall–Kier alpha value is -1.89. The molecule has 28 heavy (non-hydrogen) atoms. The number of rotatable bonds is 8. The molecule has 0 unspecified atom stereocenters. The summed E-state index contributed by atoms with van der Waals surface area (Å²) < 4.78 is 33.3. The maximum absolute atomic E-state index is 13.0. The highest BCUT2D eigenvalue weighted by Crippen LogP contribution is 2.21. The summed E-state index contributed by atoms with van der Waals surface area (Å²) in [7, 11) is -3.47. The van der Waals surface area contributed by atoms with Crippen LogP contribution in [0.3, 0.4) is 0 Å². The number of hydrogen-bond donors (Lipinski definition) is 0. The van der Waals surface area contributed by atoms with Crippen LogP contribution in [0.4, 0.5) is 0 Å². The average molecular weight is 403 g/mol. The summed E-state index contributed by atoms with van der Waals surface area (Å²) in [6, 6.07) is 17.1. The number of nitrogens with zero attached hydrogens (tertiary/aromatic N) is 2. The highest BCUT2D eigenvalue weighted by atomic mass is 32.2. The van der Waals surface area contributed by atoms with Gasteiger partial charge in [-0.1, -0.05) is 43.7 Å². The van der Waals surface area contributed by atoms with Crippen molar-refractivity contribution in [3.63, 3.8) is 0 Å². The minimum atomic E-state index is -3.47. The molecule has 0 amide bonds. The summed E-state index contributed by atoms with van der Waals surface area (Å²) >= 11 is 0. The van der Waals surface area contributed by atoms with Gasteiger partial charge in [0.15, 0.2) is 0 Å². The van der Waals surface area contributed by atoms with Crippen LogP contribution in [-0.2, 0) is 16.6 Å². The van der Waals surface area contributed by atoms with Crippen molar-refractivity contribution < 1.29 is 13.2 Å². The molecule has 3 rings (SSSR count). The van der Waals surface area contributed by atoms with Gasteiger partial charge in [-0.15, -0.1) is 0 Å². The first kappa shape index (κ1) is 20.8. The van der Waals surface area contributed by atoms with Crippen LogP contribution in [0.5, 0.6) is 5.75 Å². The second-order valence-electron chi connectivity index (χ2n) is 7.19. The maximum Gasteiger partial charge on any atom is 0.243 e. The molecule has 1 aliphatic rings. The van der Waals surface area contributed by atoms with Gasteiger partial charge in [-0.3, -0.25) is 4.90 Å². The van der Waals surface area contributed by atoms with E-state index in [-0.39, 0.29) is 0 Å². The first-order valence-electron chi connectivity index (χ1n) is 10.1. The number of ether oxygens (including phenoxy) is 1. The largest absolute Gasteiger partial charge is 0.494 e. The van der Waals surface area contributed by atoms with E-state index in [1.165, 1.54) is 5.56 Å². The van der Waals surface area contributed by atoms with E-state index in [4.69, 9.17) is 4.74 Å². The van der Waals surface area contributed by atoms with Gasteiger partial charge in [0, 0.05) is 26.2 Å². The molecule has 1 fully saturated rings. The van der Waals surface area contributed by atoms with Crippen molar-refractivity contribution in [1.82, 2.24) is 9.21 Å². The molecule has 5 nitrogen and oxygen atoms in total. The standard InChI is InChI=1S/C22H30N2O3S/c1-2-3-18-27-21-10-12-22(13-11-21)28(25,26)24-15-7-14-23(16-17-24)19-20-8-5-4-6-9-20/h4-6,8-13H,2-3,7,14-19H2,1H3. The van der Waals surface area contributed by atoms with Gasteiger partial charge in [0.05, 0.1) is 11.5 Å². The number of hydrogen-bond acceptors (Lipinski definition) is 4. The van der Waals surface area contributed by atoms with Crippen LogP contribution >= 0.6 is 0 Å². The molecule has 1 saturated heterocycles. The maximum atomic E-state index is 13.0. The Morgan fingerprint density at radius 2 is 1.68 bits per heavy atom. The van der Waals surface area contributed by atoms with Crippen molar-refractivity contribution in [3.8, 4) is 5.75 Å². The Bertz CT molecular complexity index is 823. The van der Waals surface area contributed by atoms with Crippen LogP contribution in [0.25, 0.3) is 0 Å². The van der Waals surface area contributed by atoms with Crippen LogP contribution in [0.2, 0.25) is 0 Å². The van der Waals surface area contributed by atoms with Crippen molar-refractivity contribution >= 4 is 10.0 Å². The highest BCUT2D eigenvalue weighted by molar-refractivity contribution is 7.89. The lowest BCUT2D eigenvalue weighted by molar-refractivity contribution is 0.278. The topological polar surface area (TPSA) is 49.9 Å². The quantitative estimate of drug-likeness (QED) is 0.631. The molecule has 6 heteroatoms. The molecule has 0 aliphatic carbocycles. The molecule has 0 spiro atoms. The van der Waals surface area contributed by atoms with Crippen molar-refractivity contribution in [2.45, 2.75) is 37.6 Å². The van der Waals surface area contributed by atoms with Gasteiger partial charge in [0.1, 0.15) is 5.75 Å². The van der Waals surface area contributed by atoms with Gasteiger partial charge in [0.25, 0.3) is 0 Å². The fraction of sp³-hybridized carbons (Fsp3) is 0.455. The third-order valence-electron chi connectivity index (χ3n) is 5.02. The van der Waals surface area contributed by atoms with E-state index in [2.05, 4.69) is 24.0 Å². The zero-order chi connectivity index (χ0) is 19.8. The van der Waals surface area contributed by atoms with E-state index >= 15 is 0 Å². The third kappa shape index (κ3) is 5.56. The predicted molar refractivity (Wildman–Crippen MR) is 112 cm³/mol. The second kappa shape index (κ2) is 10.0. The molecular weight excluding hydrogens is 372 g/mol. The van der Waals surface area contributed by atoms with Crippen LogP contribution in [0.15, 0.2) is 59.5 Å². The van der Waals surface area contributed by atoms with E-state index in [1.807, 2.05) is 18.2 Å². The van der Waals surface area contributed by atoms with E-state index in [9.17, 15) is 8.42 Å². The predicted octanol–water partition coefficient (Wildman–Crippen LogP) is 3.76. The van der Waals surface area contributed by atoms with Gasteiger partial charge in [-0.25, -0.2) is 8.42 Å². The highest BCUT2D eigenvalue weighted by Gasteiger charge is 2.26. The van der Waals surface area contributed by atoms with Gasteiger partial charge in [-0.05, 0) is 49.2 Å². The smallest absolute Gasteiger partial charge is 0.243 e. The number of unbranched alkanes of at least 4 members (excludes halogenated alkanes) is 1. The Morgan fingerprint density at radius 3 is 2.39 bits per heavy atom. The lowest BCUT2D eigenvalue weighted by Gasteiger charge is -2.22. The monoisotopic (exact) mass is 402 g/mol. The van der Waals surface area contributed by atoms with Crippen molar-refractivity contribution in [1.29, 1.82) is 0 Å². The van der Waals surface area contributed by atoms with Gasteiger partial charge in [0.2, 0.25) is 10.0 Å². The van der Waals surface area contributed by atoms with Crippen LogP contribution in [-0.4, -0.2) is 50.4 Å². The van der Waals surface area contributed by atoms with Crippen molar-refractivity contribution in [2.24, 2.45) is 0 Å². The molecule has 152 valence electrons. The minimum absolute atomic E-state index is 0.340. The van der Waals surface area contributed by atoms with Crippen LogP contribution in [0.1, 0.15) is 31.7 Å². The second-order valence-corrected chi connectivity index (χ2v) is 9.13. The minimum Gasteiger partial charge on any atom is -0.494 e. The zero-order valence-corrected chi connectivity index (χ0v) is 17.4. The lowest BCUT2D eigenvalue weighted by Crippen LogP contribution is -2.35. The Balaban J connectivity index is 1.60. The molecule has 0 atom stereocenters. The molecule has 0 radical (unpaired) electrons. The molecule has 0 saturated carbocycles. The van der Waals surface area contributed by atoms with Crippen molar-refractivity contribution in [2.75, 3.05) is 32.8 Å². The van der Waals surface area contributed by atoms with Gasteiger partial charge in [-0.2, -0.15) is 4.31 Å². The molecular formula is C22H30N2O3S. The number of sulfonamides is 1. The lowest BCUT2D eigenvalue weighted by atomic mass is 10.2. The molecule has 0 N–H and O–H groups in total. The van der Waals surface area contributed by atoms with E-state index in [0.717, 1.165) is 44.6 Å². The van der Waals surface area contributed by atoms with Crippen LogP contribution in [0, 0.1) is 0 Å². The Morgan fingerprint density at radius 1 is 0.929 bits per heavy atom. The molecule has 0 aromatic heterocycles. The summed E-state index contributed by atoms with van der Waals surface area (Å²) in [6.45, 7) is 6.36. The normalized spacial score (nSPS) is 16.6. The number of benzene rings is 2. The fourth-order valence-corrected chi connectivity index (χ4v) is 4.85. The van der Waals surface area contributed by atoms with Crippen LogP contribution < -0.4 is 4.74 Å². The summed E-state index contributed by atoms with van der Waals surface area (Å²) in [5, 5.41) is 0. The SMILES string of the molecule is CCCCOc1ccc(S(=O)(=O)N2CCCN(Cc3ccccc3)CC2)cc1. The molecule has 0 bridgehead atoms. The molecule has 1 aliphatic heterocycles. The molecule has 2 aromatic carbocycles. The van der Waals surface area contributed by atoms with Gasteiger partial charge >= 0.3 is 0 Å². The Labute approximate surface area is 169 Å². The Kier molecular flexibility index (Phi) is 7.48. The van der Waals surface area contributed by atoms with E-state index < -0.39 is 10.0 Å². The zero-order valence-electron chi connectivity index (χ0n) is 16.6. The fourth-order valence-electron chi connectivity index (χ4n) is 3.38. The first-order chi connectivity index (χ1) is 13.6. The summed E-state index contributed by atoms with van der Waals surface area (Å²) in [4.78, 5) is 2.67. The van der Waals surface area contributed by atoms with Crippen molar-refractivity contribution in [3.05, 3.63) is 60.2 Å². The van der Waals surface area contributed by atoms with E-state index in [1.54, 1.807) is 28.6 Å². The average Bonchev–Trinajstić information content (AvgIpc) is 2.95. The van der Waals surface area contributed by atoms with Gasteiger partial charge < -0.3 is 4.74 Å². The summed E-state index contributed by atoms with van der Waals surface area (Å²) in [5.74, 6) is 0.720. The molecule has 1 heterocycles. The molecule has 2 aromatic rings. The summed E-state index contributed by atoms with van der Waals surface area (Å²) in [6.07, 6.45) is 2.90. The van der Waals surface area contributed by atoms with E-state index in [0.29, 0.717) is 24.6 Å². The summed E-state index contributed by atoms with van der Waals surface area (Å²) in [5.41, 5.74) is 1.26. The first-order valence-corrected chi connectivity index (χ1v) is 11.5. The third-order valence-corrected chi connectivity index (χ3v) is 6.94.